The Hall–Kier alpha value is -3.97. The minimum Gasteiger partial charge on any atom is -0.506 e. The van der Waals surface area contributed by atoms with Crippen molar-refractivity contribution in [3.63, 3.8) is 0 Å². The van der Waals surface area contributed by atoms with E-state index in [1.807, 2.05) is 36.4 Å². The fraction of sp³-hybridized carbons (Fsp3) is 0.143. The molecule has 1 aromatic heterocycles. The van der Waals surface area contributed by atoms with Crippen molar-refractivity contribution >= 4 is 17.7 Å². The standard InChI is InChI=1S/C28H24O6S/c1-32-27(30)23-13-6-5-10-21(23)18-33-22-12-7-11-20(16-22)25-17-24(29)26(28(31)34-25)35-15-14-19-8-3-2-4-9-19/h2-13,16-17,29H,14-15,18H2,1H3. The van der Waals surface area contributed by atoms with Gasteiger partial charge in [0, 0.05) is 22.9 Å². The lowest BCUT2D eigenvalue weighted by Crippen LogP contribution is -2.07. The maximum absolute atomic E-state index is 12.6. The molecule has 0 unspecified atom stereocenters. The normalized spacial score (nSPS) is 10.7. The molecule has 4 aromatic rings. The number of thioether (sulfide) groups is 1. The Bertz CT molecular complexity index is 1360. The third kappa shape index (κ3) is 6.13. The molecular weight excluding hydrogens is 464 g/mol. The summed E-state index contributed by atoms with van der Waals surface area (Å²) in [5.41, 5.74) is 2.27. The number of rotatable bonds is 9. The third-order valence-electron chi connectivity index (χ3n) is 5.30. The molecule has 0 saturated heterocycles. The molecule has 7 heteroatoms. The van der Waals surface area contributed by atoms with E-state index < -0.39 is 11.6 Å². The predicted molar refractivity (Wildman–Crippen MR) is 135 cm³/mol. The Morgan fingerprint density at radius 3 is 2.51 bits per heavy atom. The number of benzene rings is 3. The van der Waals surface area contributed by atoms with E-state index in [1.54, 1.807) is 42.5 Å². The number of aromatic hydroxyl groups is 1. The molecule has 0 radical (unpaired) electrons. The zero-order chi connectivity index (χ0) is 24.6. The smallest absolute Gasteiger partial charge is 0.353 e. The molecule has 178 valence electrons. The van der Waals surface area contributed by atoms with E-state index in [9.17, 15) is 14.7 Å². The summed E-state index contributed by atoms with van der Waals surface area (Å²) in [6.07, 6.45) is 0.768. The average molecular weight is 489 g/mol. The third-order valence-corrected chi connectivity index (χ3v) is 6.38. The summed E-state index contributed by atoms with van der Waals surface area (Å²) in [6.45, 7) is 0.154. The Kier molecular flexibility index (Phi) is 7.90. The molecule has 35 heavy (non-hydrogen) atoms. The van der Waals surface area contributed by atoms with Crippen LogP contribution in [-0.2, 0) is 17.8 Å². The molecule has 0 aliphatic heterocycles. The summed E-state index contributed by atoms with van der Waals surface area (Å²) in [4.78, 5) is 24.7. The van der Waals surface area contributed by atoms with E-state index in [2.05, 4.69) is 0 Å². The van der Waals surface area contributed by atoms with E-state index in [0.717, 1.165) is 12.0 Å². The second-order valence-corrected chi connectivity index (χ2v) is 8.77. The minimum atomic E-state index is -0.587. The van der Waals surface area contributed by atoms with Crippen molar-refractivity contribution in [3.05, 3.63) is 112 Å². The first-order valence-corrected chi connectivity index (χ1v) is 12.0. The summed E-state index contributed by atoms with van der Waals surface area (Å²) in [6, 6.07) is 25.4. The van der Waals surface area contributed by atoms with Crippen molar-refractivity contribution < 1.29 is 23.8 Å². The second kappa shape index (κ2) is 11.4. The number of methoxy groups -OCH3 is 1. The zero-order valence-corrected chi connectivity index (χ0v) is 19.9. The van der Waals surface area contributed by atoms with E-state index in [4.69, 9.17) is 13.9 Å². The molecular formula is C28H24O6S. The van der Waals surface area contributed by atoms with Gasteiger partial charge in [0.1, 0.15) is 28.8 Å². The lowest BCUT2D eigenvalue weighted by molar-refractivity contribution is 0.0597. The fourth-order valence-electron chi connectivity index (χ4n) is 3.52. The molecule has 0 amide bonds. The fourth-order valence-corrected chi connectivity index (χ4v) is 4.42. The van der Waals surface area contributed by atoms with E-state index in [-0.39, 0.29) is 23.0 Å². The molecule has 1 heterocycles. The summed E-state index contributed by atoms with van der Waals surface area (Å²) < 4.78 is 16.2. The highest BCUT2D eigenvalue weighted by molar-refractivity contribution is 7.99. The van der Waals surface area contributed by atoms with Crippen LogP contribution in [-0.4, -0.2) is 23.9 Å². The number of carbonyl (C=O) groups excluding carboxylic acids is 1. The molecule has 3 aromatic carbocycles. The van der Waals surface area contributed by atoms with Crippen LogP contribution in [0.4, 0.5) is 0 Å². The van der Waals surface area contributed by atoms with Crippen LogP contribution in [0.2, 0.25) is 0 Å². The van der Waals surface area contributed by atoms with Gasteiger partial charge in [-0.15, -0.1) is 11.8 Å². The first kappa shape index (κ1) is 24.2. The van der Waals surface area contributed by atoms with Crippen LogP contribution >= 0.6 is 11.8 Å². The van der Waals surface area contributed by atoms with E-state index >= 15 is 0 Å². The van der Waals surface area contributed by atoms with Crippen LogP contribution < -0.4 is 10.4 Å². The molecule has 0 atom stereocenters. The van der Waals surface area contributed by atoms with Gasteiger partial charge in [-0.3, -0.25) is 0 Å². The second-order valence-electron chi connectivity index (χ2n) is 7.66. The summed E-state index contributed by atoms with van der Waals surface area (Å²) >= 11 is 1.27. The van der Waals surface area contributed by atoms with Crippen LogP contribution in [0, 0.1) is 0 Å². The van der Waals surface area contributed by atoms with Gasteiger partial charge in [0.15, 0.2) is 0 Å². The first-order chi connectivity index (χ1) is 17.0. The van der Waals surface area contributed by atoms with Gasteiger partial charge in [-0.2, -0.15) is 0 Å². The maximum Gasteiger partial charge on any atom is 0.353 e. The highest BCUT2D eigenvalue weighted by Gasteiger charge is 2.15. The van der Waals surface area contributed by atoms with E-state index in [1.165, 1.54) is 24.9 Å². The first-order valence-electron chi connectivity index (χ1n) is 11.0. The Morgan fingerprint density at radius 2 is 1.74 bits per heavy atom. The number of hydrogen-bond acceptors (Lipinski definition) is 7. The topological polar surface area (TPSA) is 86.0 Å². The maximum atomic E-state index is 12.6. The van der Waals surface area contributed by atoms with Gasteiger partial charge in [0.25, 0.3) is 0 Å². The molecule has 0 bridgehead atoms. The highest BCUT2D eigenvalue weighted by Crippen LogP contribution is 2.31. The molecule has 0 spiro atoms. The van der Waals surface area contributed by atoms with Gasteiger partial charge >= 0.3 is 11.6 Å². The lowest BCUT2D eigenvalue weighted by atomic mass is 10.1. The molecule has 1 N–H and O–H groups in total. The Morgan fingerprint density at radius 1 is 0.971 bits per heavy atom. The average Bonchev–Trinajstić information content (AvgIpc) is 2.89. The summed E-state index contributed by atoms with van der Waals surface area (Å²) in [5.74, 6) is 0.841. The van der Waals surface area contributed by atoms with Crippen LogP contribution in [0.15, 0.2) is 99.0 Å². The summed E-state index contributed by atoms with van der Waals surface area (Å²) in [5, 5.41) is 10.5. The zero-order valence-electron chi connectivity index (χ0n) is 19.1. The van der Waals surface area contributed by atoms with Crippen LogP contribution in [0.5, 0.6) is 11.5 Å². The van der Waals surface area contributed by atoms with Crippen molar-refractivity contribution in [2.75, 3.05) is 12.9 Å². The molecule has 0 aliphatic carbocycles. The van der Waals surface area contributed by atoms with Crippen LogP contribution in [0.3, 0.4) is 0 Å². The van der Waals surface area contributed by atoms with Crippen molar-refractivity contribution in [2.24, 2.45) is 0 Å². The number of ether oxygens (including phenoxy) is 2. The predicted octanol–water partition coefficient (Wildman–Crippen LogP) is 5.71. The van der Waals surface area contributed by atoms with Crippen molar-refractivity contribution in [1.82, 2.24) is 0 Å². The van der Waals surface area contributed by atoms with E-state index in [0.29, 0.717) is 28.2 Å². The summed E-state index contributed by atoms with van der Waals surface area (Å²) in [7, 11) is 1.33. The van der Waals surface area contributed by atoms with Gasteiger partial charge < -0.3 is 19.0 Å². The minimum absolute atomic E-state index is 0.118. The number of esters is 1. The molecule has 6 nitrogen and oxygen atoms in total. The monoisotopic (exact) mass is 488 g/mol. The molecule has 0 aliphatic rings. The van der Waals surface area contributed by atoms with Gasteiger partial charge in [-0.1, -0.05) is 60.7 Å². The van der Waals surface area contributed by atoms with Crippen molar-refractivity contribution in [2.45, 2.75) is 17.9 Å². The van der Waals surface area contributed by atoms with Crippen LogP contribution in [0.1, 0.15) is 21.5 Å². The quantitative estimate of drug-likeness (QED) is 0.238. The van der Waals surface area contributed by atoms with Crippen molar-refractivity contribution in [3.8, 4) is 22.8 Å². The number of aryl methyl sites for hydroxylation is 1. The Labute approximate surface area is 207 Å². The van der Waals surface area contributed by atoms with Gasteiger partial charge in [0.05, 0.1) is 12.7 Å². The molecule has 0 fully saturated rings. The van der Waals surface area contributed by atoms with Crippen LogP contribution in [0.25, 0.3) is 11.3 Å². The lowest BCUT2D eigenvalue weighted by Gasteiger charge is -2.11. The van der Waals surface area contributed by atoms with Crippen molar-refractivity contribution in [1.29, 1.82) is 0 Å². The molecule has 4 rings (SSSR count). The van der Waals surface area contributed by atoms with Gasteiger partial charge in [-0.25, -0.2) is 9.59 Å². The number of carbonyl (C=O) groups is 1. The van der Waals surface area contributed by atoms with Gasteiger partial charge in [-0.05, 0) is 30.2 Å². The SMILES string of the molecule is COC(=O)c1ccccc1COc1cccc(-c2cc(O)c(SCCc3ccccc3)c(=O)o2)c1. The highest BCUT2D eigenvalue weighted by atomic mass is 32.2. The Balaban J connectivity index is 1.46. The van der Waals surface area contributed by atoms with Gasteiger partial charge in [0.2, 0.25) is 0 Å². The largest absolute Gasteiger partial charge is 0.506 e. The number of hydrogen-bond donors (Lipinski definition) is 1. The molecule has 0 saturated carbocycles.